The van der Waals surface area contributed by atoms with Crippen molar-refractivity contribution in [1.29, 1.82) is 5.26 Å². The van der Waals surface area contributed by atoms with E-state index in [0.717, 1.165) is 13.1 Å². The molecule has 3 unspecified atom stereocenters. The van der Waals surface area contributed by atoms with Gasteiger partial charge in [0, 0.05) is 32.0 Å². The van der Waals surface area contributed by atoms with Crippen molar-refractivity contribution in [1.82, 2.24) is 4.90 Å². The van der Waals surface area contributed by atoms with Gasteiger partial charge in [0.25, 0.3) is 0 Å². The average Bonchev–Trinajstić information content (AvgIpc) is 2.86. The summed E-state index contributed by atoms with van der Waals surface area (Å²) < 4.78 is 5.67. The number of nitrogens with zero attached hydrogens (tertiary/aromatic N) is 2. The molecule has 3 rings (SSSR count). The maximum Gasteiger partial charge on any atom is 0.0870 e. The van der Waals surface area contributed by atoms with Crippen LogP contribution in [0.5, 0.6) is 0 Å². The Morgan fingerprint density at radius 3 is 2.82 bits per heavy atom. The van der Waals surface area contributed by atoms with Gasteiger partial charge >= 0.3 is 0 Å². The Labute approximate surface area is 102 Å². The van der Waals surface area contributed by atoms with Crippen molar-refractivity contribution >= 4 is 0 Å². The smallest absolute Gasteiger partial charge is 0.0870 e. The molecule has 0 amide bonds. The normalized spacial score (nSPS) is 30.9. The second-order valence-corrected chi connectivity index (χ2v) is 4.91. The number of ether oxygens (including phenoxy) is 1. The molecule has 0 saturated carbocycles. The predicted molar refractivity (Wildman–Crippen MR) is 64.5 cm³/mol. The van der Waals surface area contributed by atoms with Gasteiger partial charge in [-0.25, -0.2) is 0 Å². The number of likely N-dealkylation sites (tertiary alicyclic amines) is 1. The van der Waals surface area contributed by atoms with Gasteiger partial charge in [-0.15, -0.1) is 0 Å². The van der Waals surface area contributed by atoms with Crippen molar-refractivity contribution in [2.45, 2.75) is 12.0 Å². The Balaban J connectivity index is 1.93. The second kappa shape index (κ2) is 4.14. The Morgan fingerprint density at radius 2 is 2.12 bits per heavy atom. The number of rotatable bonds is 2. The number of methoxy groups -OCH3 is 1. The Morgan fingerprint density at radius 1 is 1.35 bits per heavy atom. The fraction of sp³-hybridized carbons (Fsp3) is 0.500. The summed E-state index contributed by atoms with van der Waals surface area (Å²) in [5, 5.41) is 8.79. The largest absolute Gasteiger partial charge is 0.376 e. The monoisotopic (exact) mass is 228 g/mol. The highest BCUT2D eigenvalue weighted by molar-refractivity contribution is 5.40. The van der Waals surface area contributed by atoms with Crippen LogP contribution in [0.3, 0.4) is 0 Å². The third-order valence-corrected chi connectivity index (χ3v) is 4.08. The second-order valence-electron chi connectivity index (χ2n) is 4.91. The fourth-order valence-electron chi connectivity index (χ4n) is 3.42. The molecule has 0 aromatic heterocycles. The summed E-state index contributed by atoms with van der Waals surface area (Å²) >= 11 is 0. The summed E-state index contributed by atoms with van der Waals surface area (Å²) in [7, 11) is 1.79. The molecule has 1 fully saturated rings. The lowest BCUT2D eigenvalue weighted by molar-refractivity contribution is 0.0609. The minimum atomic E-state index is 0.208. The van der Waals surface area contributed by atoms with Crippen LogP contribution < -0.4 is 0 Å². The maximum absolute atomic E-state index is 8.79. The number of nitriles is 1. The molecule has 1 aromatic carbocycles. The molecule has 1 heterocycles. The summed E-state index contributed by atoms with van der Waals surface area (Å²) in [6.07, 6.45) is 0.208. The molecule has 2 aliphatic rings. The molecule has 1 saturated heterocycles. The van der Waals surface area contributed by atoms with Crippen molar-refractivity contribution in [3.8, 4) is 6.07 Å². The van der Waals surface area contributed by atoms with Gasteiger partial charge in [-0.1, -0.05) is 24.3 Å². The molecule has 3 atom stereocenters. The van der Waals surface area contributed by atoms with Gasteiger partial charge in [-0.05, 0) is 11.1 Å². The standard InChI is InChI=1S/C14H16N2O/c1-17-14-11-5-3-2-4-10(11)12-8-16(7-6-15)9-13(12)14/h2-5,12-14H,7-9H2,1H3. The van der Waals surface area contributed by atoms with Gasteiger partial charge in [0.15, 0.2) is 0 Å². The number of hydrogen-bond acceptors (Lipinski definition) is 3. The maximum atomic E-state index is 8.79. The molecule has 0 bridgehead atoms. The van der Waals surface area contributed by atoms with Crippen molar-refractivity contribution in [2.75, 3.05) is 26.7 Å². The highest BCUT2D eigenvalue weighted by Crippen LogP contribution is 2.50. The molecule has 3 heteroatoms. The molecule has 17 heavy (non-hydrogen) atoms. The SMILES string of the molecule is COC1c2ccccc2C2CN(CC#N)CC21. The average molecular weight is 228 g/mol. The van der Waals surface area contributed by atoms with Gasteiger partial charge in [0.2, 0.25) is 0 Å². The summed E-state index contributed by atoms with van der Waals surface area (Å²) in [5.74, 6) is 1.07. The molecular formula is C14H16N2O. The van der Waals surface area contributed by atoms with E-state index >= 15 is 0 Å². The quantitative estimate of drug-likeness (QED) is 0.726. The minimum absolute atomic E-state index is 0.208. The first-order valence-corrected chi connectivity index (χ1v) is 6.06. The van der Waals surface area contributed by atoms with E-state index in [4.69, 9.17) is 10.00 Å². The van der Waals surface area contributed by atoms with Crippen LogP contribution in [0.15, 0.2) is 24.3 Å². The topological polar surface area (TPSA) is 36.3 Å². The molecule has 1 aliphatic heterocycles. The van der Waals surface area contributed by atoms with E-state index in [9.17, 15) is 0 Å². The number of hydrogen-bond donors (Lipinski definition) is 0. The zero-order valence-corrected chi connectivity index (χ0v) is 9.97. The van der Waals surface area contributed by atoms with Crippen LogP contribution in [0.4, 0.5) is 0 Å². The number of benzene rings is 1. The van der Waals surface area contributed by atoms with E-state index in [2.05, 4.69) is 35.2 Å². The first-order chi connectivity index (χ1) is 8.35. The highest BCUT2D eigenvalue weighted by atomic mass is 16.5. The molecule has 88 valence electrons. The zero-order valence-electron chi connectivity index (χ0n) is 9.97. The lowest BCUT2D eigenvalue weighted by Gasteiger charge is -2.18. The first-order valence-electron chi connectivity index (χ1n) is 6.06. The van der Waals surface area contributed by atoms with E-state index in [0.29, 0.717) is 18.4 Å². The van der Waals surface area contributed by atoms with Crippen molar-refractivity contribution < 1.29 is 4.74 Å². The minimum Gasteiger partial charge on any atom is -0.376 e. The van der Waals surface area contributed by atoms with Gasteiger partial charge in [-0.3, -0.25) is 4.90 Å². The Kier molecular flexibility index (Phi) is 2.62. The molecular weight excluding hydrogens is 212 g/mol. The van der Waals surface area contributed by atoms with E-state index in [1.54, 1.807) is 7.11 Å². The van der Waals surface area contributed by atoms with Crippen molar-refractivity contribution in [2.24, 2.45) is 5.92 Å². The van der Waals surface area contributed by atoms with Crippen molar-refractivity contribution in [3.05, 3.63) is 35.4 Å². The van der Waals surface area contributed by atoms with Crippen LogP contribution in [0.1, 0.15) is 23.1 Å². The molecule has 0 N–H and O–H groups in total. The molecule has 0 radical (unpaired) electrons. The van der Waals surface area contributed by atoms with E-state index < -0.39 is 0 Å². The van der Waals surface area contributed by atoms with Crippen LogP contribution >= 0.6 is 0 Å². The summed E-state index contributed by atoms with van der Waals surface area (Å²) in [5.41, 5.74) is 2.77. The fourth-order valence-corrected chi connectivity index (χ4v) is 3.42. The van der Waals surface area contributed by atoms with Crippen LogP contribution in [0, 0.1) is 17.2 Å². The van der Waals surface area contributed by atoms with E-state index in [1.165, 1.54) is 11.1 Å². The van der Waals surface area contributed by atoms with Crippen molar-refractivity contribution in [3.63, 3.8) is 0 Å². The van der Waals surface area contributed by atoms with Crippen LogP contribution in [0.25, 0.3) is 0 Å². The van der Waals surface area contributed by atoms with E-state index in [1.807, 2.05) is 0 Å². The molecule has 3 nitrogen and oxygen atoms in total. The van der Waals surface area contributed by atoms with Crippen LogP contribution in [-0.4, -0.2) is 31.6 Å². The van der Waals surface area contributed by atoms with Crippen LogP contribution in [-0.2, 0) is 4.74 Å². The molecule has 1 aromatic rings. The molecule has 0 spiro atoms. The lowest BCUT2D eigenvalue weighted by atomic mass is 9.96. The van der Waals surface area contributed by atoms with Gasteiger partial charge < -0.3 is 4.74 Å². The predicted octanol–water partition coefficient (Wildman–Crippen LogP) is 1.93. The summed E-state index contributed by atoms with van der Waals surface area (Å²) in [6, 6.07) is 10.8. The Bertz CT molecular complexity index is 466. The third-order valence-electron chi connectivity index (χ3n) is 4.08. The zero-order chi connectivity index (χ0) is 11.8. The molecule has 1 aliphatic carbocycles. The van der Waals surface area contributed by atoms with Gasteiger partial charge in [0.1, 0.15) is 0 Å². The summed E-state index contributed by atoms with van der Waals surface area (Å²) in [4.78, 5) is 2.23. The Hall–Kier alpha value is -1.37. The van der Waals surface area contributed by atoms with Crippen LogP contribution in [0.2, 0.25) is 0 Å². The lowest BCUT2D eigenvalue weighted by Crippen LogP contribution is -2.23. The highest BCUT2D eigenvalue weighted by Gasteiger charge is 2.46. The van der Waals surface area contributed by atoms with Gasteiger partial charge in [0.05, 0.1) is 18.7 Å². The number of fused-ring (bicyclic) bond motifs is 3. The van der Waals surface area contributed by atoms with E-state index in [-0.39, 0.29) is 6.10 Å². The third kappa shape index (κ3) is 1.56. The first kappa shape index (κ1) is 10.8. The summed E-state index contributed by atoms with van der Waals surface area (Å²) in [6.45, 7) is 2.51. The van der Waals surface area contributed by atoms with Gasteiger partial charge in [-0.2, -0.15) is 5.26 Å².